The number of carbonyl (C=O) groups is 1. The lowest BCUT2D eigenvalue weighted by atomic mass is 9.97. The molecule has 0 saturated heterocycles. The molecule has 0 spiro atoms. The first-order valence-electron chi connectivity index (χ1n) is 4.72. The Labute approximate surface area is 71.2 Å². The Kier molecular flexibility index (Phi) is 11.7. The van der Waals surface area contributed by atoms with Crippen molar-refractivity contribution in [3.63, 3.8) is 0 Å². The molecule has 1 unspecified atom stereocenters. The van der Waals surface area contributed by atoms with Gasteiger partial charge in [0.1, 0.15) is 5.78 Å². The molecule has 0 aliphatic rings. The van der Waals surface area contributed by atoms with Crippen LogP contribution >= 0.6 is 0 Å². The summed E-state index contributed by atoms with van der Waals surface area (Å²) in [4.78, 5) is 10.8. The van der Waals surface area contributed by atoms with Gasteiger partial charge in [0.15, 0.2) is 0 Å². The molecule has 0 aromatic heterocycles. The molecule has 0 aliphatic heterocycles. The summed E-state index contributed by atoms with van der Waals surface area (Å²) in [5.74, 6) is 0.675. The second-order valence-electron chi connectivity index (χ2n) is 2.50. The quantitative estimate of drug-likeness (QED) is 0.612. The molecular formula is C10H22O. The third-order valence-electron chi connectivity index (χ3n) is 1.70. The molecule has 0 rings (SSSR count). The van der Waals surface area contributed by atoms with Crippen molar-refractivity contribution >= 4 is 5.78 Å². The average molecular weight is 158 g/mol. The topological polar surface area (TPSA) is 17.1 Å². The van der Waals surface area contributed by atoms with E-state index >= 15 is 0 Å². The maximum absolute atomic E-state index is 10.8. The molecule has 1 heteroatoms. The van der Waals surface area contributed by atoms with E-state index in [1.165, 1.54) is 0 Å². The van der Waals surface area contributed by atoms with E-state index < -0.39 is 0 Å². The van der Waals surface area contributed by atoms with Gasteiger partial charge in [-0.2, -0.15) is 0 Å². The molecule has 0 amide bonds. The molecule has 1 nitrogen and oxygen atoms in total. The molecule has 0 fully saturated rings. The average Bonchev–Trinajstić information content (AvgIpc) is 2.03. The number of Topliss-reactive ketones (excluding diaryl/α,β-unsaturated/α-hetero) is 1. The smallest absolute Gasteiger partial charge is 0.132 e. The predicted octanol–water partition coefficient (Wildman–Crippen LogP) is 3.43. The van der Waals surface area contributed by atoms with Gasteiger partial charge in [-0.15, -0.1) is 0 Å². The third kappa shape index (κ3) is 7.57. The van der Waals surface area contributed by atoms with Crippen LogP contribution in [-0.2, 0) is 4.79 Å². The SMILES string of the molecule is CC.CCCC(CC)C(C)=O. The van der Waals surface area contributed by atoms with Gasteiger partial charge in [0.05, 0.1) is 0 Å². The normalized spacial score (nSPS) is 11.4. The zero-order valence-corrected chi connectivity index (χ0v) is 8.61. The van der Waals surface area contributed by atoms with Gasteiger partial charge in [-0.3, -0.25) is 4.79 Å². The van der Waals surface area contributed by atoms with Crippen LogP contribution in [0.25, 0.3) is 0 Å². The van der Waals surface area contributed by atoms with E-state index in [4.69, 9.17) is 0 Å². The van der Waals surface area contributed by atoms with E-state index in [2.05, 4.69) is 13.8 Å². The minimum atomic E-state index is 0.329. The van der Waals surface area contributed by atoms with E-state index in [-0.39, 0.29) is 0 Å². The number of ketones is 1. The molecule has 0 N–H and O–H groups in total. The molecule has 0 aliphatic carbocycles. The summed E-state index contributed by atoms with van der Waals surface area (Å²) in [6.07, 6.45) is 3.19. The summed E-state index contributed by atoms with van der Waals surface area (Å²) < 4.78 is 0. The Morgan fingerprint density at radius 1 is 1.27 bits per heavy atom. The lowest BCUT2D eigenvalue weighted by molar-refractivity contribution is -0.121. The van der Waals surface area contributed by atoms with Crippen LogP contribution in [0, 0.1) is 5.92 Å². The minimum absolute atomic E-state index is 0.329. The van der Waals surface area contributed by atoms with Crippen molar-refractivity contribution in [1.29, 1.82) is 0 Å². The summed E-state index contributed by atoms with van der Waals surface area (Å²) in [7, 11) is 0. The van der Waals surface area contributed by atoms with Crippen molar-refractivity contribution in [3.05, 3.63) is 0 Å². The van der Waals surface area contributed by atoms with Gasteiger partial charge in [-0.25, -0.2) is 0 Å². The largest absolute Gasteiger partial charge is 0.300 e. The van der Waals surface area contributed by atoms with E-state index in [0.29, 0.717) is 11.7 Å². The van der Waals surface area contributed by atoms with Crippen LogP contribution in [0.5, 0.6) is 0 Å². The summed E-state index contributed by atoms with van der Waals surface area (Å²) in [5, 5.41) is 0. The Hall–Kier alpha value is -0.330. The molecule has 68 valence electrons. The van der Waals surface area contributed by atoms with E-state index in [1.807, 2.05) is 13.8 Å². The Morgan fingerprint density at radius 2 is 1.73 bits per heavy atom. The standard InChI is InChI=1S/C8H16O.C2H6/c1-4-6-8(5-2)7(3)9;1-2/h8H,4-6H2,1-3H3;1-2H3. The van der Waals surface area contributed by atoms with Gasteiger partial charge in [-0.05, 0) is 19.8 Å². The molecular weight excluding hydrogens is 136 g/mol. The zero-order chi connectivity index (χ0) is 9.28. The van der Waals surface area contributed by atoms with Crippen molar-refractivity contribution < 1.29 is 4.79 Å². The van der Waals surface area contributed by atoms with Crippen LogP contribution in [0.2, 0.25) is 0 Å². The second-order valence-corrected chi connectivity index (χ2v) is 2.50. The molecule has 0 bridgehead atoms. The number of rotatable bonds is 4. The van der Waals surface area contributed by atoms with Gasteiger partial charge in [0.2, 0.25) is 0 Å². The van der Waals surface area contributed by atoms with Gasteiger partial charge in [0, 0.05) is 5.92 Å². The lowest BCUT2D eigenvalue weighted by Crippen LogP contribution is -2.08. The monoisotopic (exact) mass is 158 g/mol. The fourth-order valence-corrected chi connectivity index (χ4v) is 1.04. The van der Waals surface area contributed by atoms with Gasteiger partial charge in [0.25, 0.3) is 0 Å². The van der Waals surface area contributed by atoms with Crippen LogP contribution in [0.3, 0.4) is 0 Å². The molecule has 1 atom stereocenters. The van der Waals surface area contributed by atoms with Crippen LogP contribution in [-0.4, -0.2) is 5.78 Å². The highest BCUT2D eigenvalue weighted by molar-refractivity contribution is 5.78. The predicted molar refractivity (Wildman–Crippen MR) is 50.7 cm³/mol. The minimum Gasteiger partial charge on any atom is -0.300 e. The van der Waals surface area contributed by atoms with Gasteiger partial charge >= 0.3 is 0 Å². The summed E-state index contributed by atoms with van der Waals surface area (Å²) in [5.41, 5.74) is 0. The Bertz CT molecular complexity index is 86.9. The molecule has 0 radical (unpaired) electrons. The number of hydrogen-bond donors (Lipinski definition) is 0. The highest BCUT2D eigenvalue weighted by atomic mass is 16.1. The molecule has 11 heavy (non-hydrogen) atoms. The zero-order valence-electron chi connectivity index (χ0n) is 8.61. The van der Waals surface area contributed by atoms with E-state index in [0.717, 1.165) is 19.3 Å². The number of hydrogen-bond acceptors (Lipinski definition) is 1. The number of carbonyl (C=O) groups excluding carboxylic acids is 1. The summed E-state index contributed by atoms with van der Waals surface area (Å²) in [6, 6.07) is 0. The summed E-state index contributed by atoms with van der Waals surface area (Å²) in [6.45, 7) is 9.87. The third-order valence-corrected chi connectivity index (χ3v) is 1.70. The van der Waals surface area contributed by atoms with Gasteiger partial charge in [-0.1, -0.05) is 34.1 Å². The molecule has 0 heterocycles. The Balaban J connectivity index is 0. The highest BCUT2D eigenvalue weighted by Crippen LogP contribution is 2.10. The van der Waals surface area contributed by atoms with E-state index in [1.54, 1.807) is 6.92 Å². The second kappa shape index (κ2) is 9.67. The maximum atomic E-state index is 10.8. The highest BCUT2D eigenvalue weighted by Gasteiger charge is 2.08. The summed E-state index contributed by atoms with van der Waals surface area (Å²) >= 11 is 0. The van der Waals surface area contributed by atoms with Gasteiger partial charge < -0.3 is 0 Å². The lowest BCUT2D eigenvalue weighted by Gasteiger charge is -2.07. The van der Waals surface area contributed by atoms with E-state index in [9.17, 15) is 4.79 Å². The fraction of sp³-hybridized carbons (Fsp3) is 0.900. The maximum Gasteiger partial charge on any atom is 0.132 e. The van der Waals surface area contributed by atoms with Crippen LogP contribution in [0.4, 0.5) is 0 Å². The Morgan fingerprint density at radius 3 is 1.82 bits per heavy atom. The molecule has 0 aromatic rings. The van der Waals surface area contributed by atoms with Crippen LogP contribution < -0.4 is 0 Å². The van der Waals surface area contributed by atoms with Crippen molar-refractivity contribution in [2.24, 2.45) is 5.92 Å². The van der Waals surface area contributed by atoms with Crippen LogP contribution in [0.1, 0.15) is 53.9 Å². The van der Waals surface area contributed by atoms with Crippen molar-refractivity contribution in [2.45, 2.75) is 53.9 Å². The molecule has 0 aromatic carbocycles. The first kappa shape index (κ1) is 13.3. The van der Waals surface area contributed by atoms with Crippen LogP contribution in [0.15, 0.2) is 0 Å². The fourth-order valence-electron chi connectivity index (χ4n) is 1.04. The van der Waals surface area contributed by atoms with Crippen molar-refractivity contribution in [3.8, 4) is 0 Å². The van der Waals surface area contributed by atoms with Crippen molar-refractivity contribution in [2.75, 3.05) is 0 Å². The first-order chi connectivity index (χ1) is 5.22. The molecule has 0 saturated carbocycles. The van der Waals surface area contributed by atoms with Crippen molar-refractivity contribution in [1.82, 2.24) is 0 Å². The first-order valence-corrected chi connectivity index (χ1v) is 4.72.